The van der Waals surface area contributed by atoms with Crippen molar-refractivity contribution in [3.8, 4) is 0 Å². The van der Waals surface area contributed by atoms with E-state index in [1.54, 1.807) is 17.0 Å². The zero-order chi connectivity index (χ0) is 16.3. The first kappa shape index (κ1) is 16.5. The van der Waals surface area contributed by atoms with Crippen molar-refractivity contribution in [1.82, 2.24) is 10.2 Å². The second-order valence-corrected chi connectivity index (χ2v) is 6.82. The summed E-state index contributed by atoms with van der Waals surface area (Å²) in [5, 5.41) is 12.4. The van der Waals surface area contributed by atoms with Gasteiger partial charge >= 0.3 is 0 Å². The molecule has 0 bridgehead atoms. The van der Waals surface area contributed by atoms with Gasteiger partial charge in [0, 0.05) is 30.6 Å². The van der Waals surface area contributed by atoms with Crippen molar-refractivity contribution >= 4 is 11.8 Å². The van der Waals surface area contributed by atoms with Crippen molar-refractivity contribution in [3.63, 3.8) is 0 Å². The largest absolute Gasteiger partial charge is 0.391 e. The number of nitrogens with zero attached hydrogens (tertiary/aromatic N) is 1. The SMILES string of the molecule is CC(C)(C)C(=O)NCc1ccc(C(=O)N2CC[C@@H](O)C2)cc1. The van der Waals surface area contributed by atoms with Crippen LogP contribution in [0.5, 0.6) is 0 Å². The van der Waals surface area contributed by atoms with Crippen molar-refractivity contribution in [2.75, 3.05) is 13.1 Å². The molecule has 2 N–H and O–H groups in total. The minimum Gasteiger partial charge on any atom is -0.391 e. The van der Waals surface area contributed by atoms with Crippen LogP contribution in [0.4, 0.5) is 0 Å². The molecule has 120 valence electrons. The molecule has 0 spiro atoms. The number of carbonyl (C=O) groups is 2. The number of rotatable bonds is 3. The van der Waals surface area contributed by atoms with Crippen LogP contribution in [0.2, 0.25) is 0 Å². The minimum absolute atomic E-state index is 0.00120. The molecule has 5 nitrogen and oxygen atoms in total. The average Bonchev–Trinajstić information content (AvgIpc) is 2.90. The Hall–Kier alpha value is -1.88. The molecule has 1 atom stereocenters. The van der Waals surface area contributed by atoms with E-state index in [1.807, 2.05) is 32.9 Å². The summed E-state index contributed by atoms with van der Waals surface area (Å²) in [5.41, 5.74) is 1.16. The van der Waals surface area contributed by atoms with E-state index < -0.39 is 11.5 Å². The second-order valence-electron chi connectivity index (χ2n) is 6.82. The molecule has 2 amide bonds. The van der Waals surface area contributed by atoms with Gasteiger partial charge in [0.1, 0.15) is 0 Å². The van der Waals surface area contributed by atoms with Gasteiger partial charge in [0.05, 0.1) is 6.10 Å². The molecule has 1 fully saturated rings. The summed E-state index contributed by atoms with van der Waals surface area (Å²) < 4.78 is 0. The number of aliphatic hydroxyl groups excluding tert-OH is 1. The number of hydrogen-bond donors (Lipinski definition) is 2. The molecule has 0 aliphatic carbocycles. The van der Waals surface area contributed by atoms with E-state index in [0.717, 1.165) is 5.56 Å². The van der Waals surface area contributed by atoms with Crippen LogP contribution in [0.25, 0.3) is 0 Å². The molecule has 0 unspecified atom stereocenters. The van der Waals surface area contributed by atoms with Crippen molar-refractivity contribution in [2.45, 2.75) is 39.8 Å². The van der Waals surface area contributed by atoms with Gasteiger partial charge in [0.2, 0.25) is 5.91 Å². The third-order valence-electron chi connectivity index (χ3n) is 3.79. The molecule has 1 aromatic rings. The molecule has 0 radical (unpaired) electrons. The number of benzene rings is 1. The summed E-state index contributed by atoms with van der Waals surface area (Å²) in [6.07, 6.45) is 0.235. The molecule has 0 saturated carbocycles. The van der Waals surface area contributed by atoms with Gasteiger partial charge < -0.3 is 15.3 Å². The topological polar surface area (TPSA) is 69.6 Å². The highest BCUT2D eigenvalue weighted by atomic mass is 16.3. The summed E-state index contributed by atoms with van der Waals surface area (Å²) in [7, 11) is 0. The Kier molecular flexibility index (Phi) is 4.86. The number of β-amino-alcohol motifs (C(OH)–C–C–N with tert-alkyl or cyclic N) is 1. The van der Waals surface area contributed by atoms with E-state index in [1.165, 1.54) is 0 Å². The van der Waals surface area contributed by atoms with E-state index >= 15 is 0 Å². The van der Waals surface area contributed by atoms with Gasteiger partial charge in [-0.3, -0.25) is 9.59 Å². The molecule has 1 heterocycles. The molecule has 5 heteroatoms. The molecule has 1 aliphatic rings. The highest BCUT2D eigenvalue weighted by Gasteiger charge is 2.25. The monoisotopic (exact) mass is 304 g/mol. The fourth-order valence-electron chi connectivity index (χ4n) is 2.32. The number of hydrogen-bond acceptors (Lipinski definition) is 3. The summed E-state index contributed by atoms with van der Waals surface area (Å²) in [6, 6.07) is 7.24. The summed E-state index contributed by atoms with van der Waals surface area (Å²) in [4.78, 5) is 25.7. The van der Waals surface area contributed by atoms with Crippen LogP contribution in [-0.2, 0) is 11.3 Å². The molecule has 2 rings (SSSR count). The molecular formula is C17H24N2O3. The Labute approximate surface area is 131 Å². The van der Waals surface area contributed by atoms with Crippen LogP contribution in [-0.4, -0.2) is 41.0 Å². The molecular weight excluding hydrogens is 280 g/mol. The number of likely N-dealkylation sites (tertiary alicyclic amines) is 1. The Bertz CT molecular complexity index is 546. The standard InChI is InChI=1S/C17H24N2O3/c1-17(2,3)16(22)18-10-12-4-6-13(7-5-12)15(21)19-9-8-14(20)11-19/h4-7,14,20H,8-11H2,1-3H3,(H,18,22)/t14-/m1/s1. The predicted octanol–water partition coefficient (Wildman–Crippen LogP) is 1.56. The van der Waals surface area contributed by atoms with Crippen LogP contribution in [0, 0.1) is 5.41 Å². The Balaban J connectivity index is 1.93. The molecule has 22 heavy (non-hydrogen) atoms. The number of amides is 2. The van der Waals surface area contributed by atoms with Gasteiger partial charge in [0.15, 0.2) is 0 Å². The van der Waals surface area contributed by atoms with E-state index in [2.05, 4.69) is 5.32 Å². The fraction of sp³-hybridized carbons (Fsp3) is 0.529. The lowest BCUT2D eigenvalue weighted by molar-refractivity contribution is -0.128. The lowest BCUT2D eigenvalue weighted by atomic mass is 9.95. The first-order valence-corrected chi connectivity index (χ1v) is 7.62. The van der Waals surface area contributed by atoms with Gasteiger partial charge in [-0.15, -0.1) is 0 Å². The van der Waals surface area contributed by atoms with Gasteiger partial charge in [-0.05, 0) is 24.1 Å². The van der Waals surface area contributed by atoms with Gasteiger partial charge in [-0.1, -0.05) is 32.9 Å². The Morgan fingerprint density at radius 3 is 2.41 bits per heavy atom. The first-order chi connectivity index (χ1) is 10.3. The number of carbonyl (C=O) groups excluding carboxylic acids is 2. The molecule has 0 aromatic heterocycles. The minimum atomic E-state index is -0.410. The maximum Gasteiger partial charge on any atom is 0.253 e. The summed E-state index contributed by atoms with van der Waals surface area (Å²) in [6.45, 7) is 7.07. The predicted molar refractivity (Wildman–Crippen MR) is 84.3 cm³/mol. The highest BCUT2D eigenvalue weighted by Crippen LogP contribution is 2.15. The van der Waals surface area contributed by atoms with Crippen LogP contribution < -0.4 is 5.32 Å². The van der Waals surface area contributed by atoms with Crippen molar-refractivity contribution in [1.29, 1.82) is 0 Å². The van der Waals surface area contributed by atoms with Crippen molar-refractivity contribution < 1.29 is 14.7 Å². The van der Waals surface area contributed by atoms with E-state index in [0.29, 0.717) is 31.6 Å². The van der Waals surface area contributed by atoms with E-state index in [4.69, 9.17) is 0 Å². The molecule has 1 aromatic carbocycles. The quantitative estimate of drug-likeness (QED) is 0.890. The van der Waals surface area contributed by atoms with Crippen LogP contribution in [0.3, 0.4) is 0 Å². The Morgan fingerprint density at radius 1 is 1.27 bits per heavy atom. The highest BCUT2D eigenvalue weighted by molar-refractivity contribution is 5.94. The normalized spacial score (nSPS) is 18.4. The van der Waals surface area contributed by atoms with Crippen LogP contribution in [0.1, 0.15) is 43.1 Å². The zero-order valence-corrected chi connectivity index (χ0v) is 13.4. The maximum absolute atomic E-state index is 12.2. The Morgan fingerprint density at radius 2 is 1.91 bits per heavy atom. The first-order valence-electron chi connectivity index (χ1n) is 7.62. The molecule has 1 aliphatic heterocycles. The van der Waals surface area contributed by atoms with Crippen molar-refractivity contribution in [2.24, 2.45) is 5.41 Å². The third-order valence-corrected chi connectivity index (χ3v) is 3.79. The molecule has 1 saturated heterocycles. The second kappa shape index (κ2) is 6.48. The average molecular weight is 304 g/mol. The van der Waals surface area contributed by atoms with E-state index in [-0.39, 0.29) is 11.8 Å². The number of nitrogens with one attached hydrogen (secondary N) is 1. The van der Waals surface area contributed by atoms with Gasteiger partial charge in [-0.2, -0.15) is 0 Å². The zero-order valence-electron chi connectivity index (χ0n) is 13.4. The fourth-order valence-corrected chi connectivity index (χ4v) is 2.32. The van der Waals surface area contributed by atoms with Crippen LogP contribution in [0.15, 0.2) is 24.3 Å². The lowest BCUT2D eigenvalue weighted by Gasteiger charge is -2.18. The summed E-state index contributed by atoms with van der Waals surface area (Å²) >= 11 is 0. The summed E-state index contributed by atoms with van der Waals surface area (Å²) in [5.74, 6) is -0.0551. The van der Waals surface area contributed by atoms with E-state index in [9.17, 15) is 14.7 Å². The van der Waals surface area contributed by atoms with Gasteiger partial charge in [0.25, 0.3) is 5.91 Å². The van der Waals surface area contributed by atoms with Crippen LogP contribution >= 0.6 is 0 Å². The number of aliphatic hydroxyl groups is 1. The maximum atomic E-state index is 12.2. The van der Waals surface area contributed by atoms with Gasteiger partial charge in [-0.25, -0.2) is 0 Å². The smallest absolute Gasteiger partial charge is 0.253 e. The van der Waals surface area contributed by atoms with Crippen molar-refractivity contribution in [3.05, 3.63) is 35.4 Å². The lowest BCUT2D eigenvalue weighted by Crippen LogP contribution is -2.34. The third kappa shape index (κ3) is 4.07.